The molecule has 5 heteroatoms. The van der Waals surface area contributed by atoms with Gasteiger partial charge < -0.3 is 9.36 Å². The number of hydrogen-bond donors (Lipinski definition) is 0. The minimum atomic E-state index is -0.152. The third-order valence-electron chi connectivity index (χ3n) is 2.54. The maximum absolute atomic E-state index is 5.31. The lowest BCUT2D eigenvalue weighted by atomic mass is 10.1. The number of aryl methyl sites for hydroxylation is 2. The van der Waals surface area contributed by atoms with E-state index in [1.54, 1.807) is 11.8 Å². The van der Waals surface area contributed by atoms with Crippen LogP contribution in [0.1, 0.15) is 37.3 Å². The molecule has 0 fully saturated rings. The maximum Gasteiger partial charge on any atom is 0.138 e. The standard InChI is InChI=1S/C11H16N2O2S/c1-7-9(8(2)14-12-7)6-16-10-5-11(3,4)15-13-10/h5-6H2,1-4H3. The smallest absolute Gasteiger partial charge is 0.138 e. The number of rotatable bonds is 2. The minimum absolute atomic E-state index is 0.152. The average Bonchev–Trinajstić information content (AvgIpc) is 2.69. The first kappa shape index (κ1) is 11.5. The van der Waals surface area contributed by atoms with Crippen LogP contribution in [0.2, 0.25) is 0 Å². The first-order valence-corrected chi connectivity index (χ1v) is 6.26. The van der Waals surface area contributed by atoms with Crippen LogP contribution in [0.4, 0.5) is 0 Å². The van der Waals surface area contributed by atoms with E-state index in [2.05, 4.69) is 10.3 Å². The van der Waals surface area contributed by atoms with Crippen LogP contribution < -0.4 is 0 Å². The Labute approximate surface area is 99.4 Å². The zero-order chi connectivity index (χ0) is 11.8. The molecule has 0 spiro atoms. The van der Waals surface area contributed by atoms with E-state index in [-0.39, 0.29) is 5.60 Å². The van der Waals surface area contributed by atoms with E-state index >= 15 is 0 Å². The van der Waals surface area contributed by atoms with E-state index in [9.17, 15) is 0 Å². The number of aromatic nitrogens is 1. The highest BCUT2D eigenvalue weighted by Crippen LogP contribution is 2.30. The number of oxime groups is 1. The Bertz CT molecular complexity index is 404. The van der Waals surface area contributed by atoms with E-state index in [0.29, 0.717) is 0 Å². The molecule has 0 saturated heterocycles. The zero-order valence-corrected chi connectivity index (χ0v) is 10.8. The largest absolute Gasteiger partial charge is 0.389 e. The summed E-state index contributed by atoms with van der Waals surface area (Å²) in [5, 5.41) is 9.05. The molecule has 0 unspecified atom stereocenters. The van der Waals surface area contributed by atoms with Crippen LogP contribution in [0, 0.1) is 13.8 Å². The molecule has 0 N–H and O–H groups in total. The van der Waals surface area contributed by atoms with Gasteiger partial charge in [0.05, 0.1) is 5.69 Å². The highest BCUT2D eigenvalue weighted by Gasteiger charge is 2.29. The average molecular weight is 240 g/mol. The van der Waals surface area contributed by atoms with Crippen LogP contribution >= 0.6 is 11.8 Å². The predicted octanol–water partition coefficient (Wildman–Crippen LogP) is 3.04. The van der Waals surface area contributed by atoms with Crippen molar-refractivity contribution < 1.29 is 9.36 Å². The Hall–Kier alpha value is -0.970. The van der Waals surface area contributed by atoms with Gasteiger partial charge >= 0.3 is 0 Å². The van der Waals surface area contributed by atoms with Gasteiger partial charge in [0.15, 0.2) is 0 Å². The number of nitrogens with zero attached hydrogens (tertiary/aromatic N) is 2. The summed E-state index contributed by atoms with van der Waals surface area (Å²) in [4.78, 5) is 5.31. The molecule has 0 atom stereocenters. The van der Waals surface area contributed by atoms with Crippen LogP contribution in [0.15, 0.2) is 9.68 Å². The molecule has 0 bridgehead atoms. The first-order chi connectivity index (χ1) is 7.48. The van der Waals surface area contributed by atoms with Gasteiger partial charge in [0, 0.05) is 17.7 Å². The number of thioether (sulfide) groups is 1. The molecule has 1 aromatic heterocycles. The molecular weight excluding hydrogens is 224 g/mol. The molecule has 1 aliphatic heterocycles. The van der Waals surface area contributed by atoms with Crippen molar-refractivity contribution in [1.29, 1.82) is 0 Å². The molecule has 88 valence electrons. The lowest BCUT2D eigenvalue weighted by Crippen LogP contribution is -2.18. The minimum Gasteiger partial charge on any atom is -0.389 e. The van der Waals surface area contributed by atoms with Crippen molar-refractivity contribution in [3.63, 3.8) is 0 Å². The van der Waals surface area contributed by atoms with Gasteiger partial charge in [0.1, 0.15) is 16.4 Å². The second-order valence-electron chi connectivity index (χ2n) is 4.60. The predicted molar refractivity (Wildman–Crippen MR) is 64.5 cm³/mol. The Kier molecular flexibility index (Phi) is 2.97. The van der Waals surface area contributed by atoms with Crippen molar-refractivity contribution in [3.8, 4) is 0 Å². The highest BCUT2D eigenvalue weighted by atomic mass is 32.2. The van der Waals surface area contributed by atoms with Crippen LogP contribution in [-0.2, 0) is 10.6 Å². The normalized spacial score (nSPS) is 18.4. The van der Waals surface area contributed by atoms with Crippen LogP contribution in [0.3, 0.4) is 0 Å². The van der Waals surface area contributed by atoms with Gasteiger partial charge in [-0.25, -0.2) is 0 Å². The van der Waals surface area contributed by atoms with Crippen LogP contribution in [0.5, 0.6) is 0 Å². The highest BCUT2D eigenvalue weighted by molar-refractivity contribution is 8.13. The van der Waals surface area contributed by atoms with Crippen molar-refractivity contribution in [2.24, 2.45) is 5.16 Å². The summed E-state index contributed by atoms with van der Waals surface area (Å²) in [5.74, 6) is 1.74. The molecule has 2 rings (SSSR count). The lowest BCUT2D eigenvalue weighted by Gasteiger charge is -2.12. The van der Waals surface area contributed by atoms with Crippen molar-refractivity contribution in [2.75, 3.05) is 0 Å². The monoisotopic (exact) mass is 240 g/mol. The van der Waals surface area contributed by atoms with Crippen molar-refractivity contribution in [1.82, 2.24) is 5.16 Å². The fraction of sp³-hybridized carbons (Fsp3) is 0.636. The Morgan fingerprint density at radius 1 is 1.38 bits per heavy atom. The topological polar surface area (TPSA) is 47.6 Å². The van der Waals surface area contributed by atoms with Gasteiger partial charge in [-0.15, -0.1) is 11.8 Å². The Morgan fingerprint density at radius 2 is 2.12 bits per heavy atom. The van der Waals surface area contributed by atoms with Gasteiger partial charge in [-0.2, -0.15) is 0 Å². The molecule has 0 amide bonds. The van der Waals surface area contributed by atoms with Gasteiger partial charge in [-0.05, 0) is 27.7 Å². The molecular formula is C11H16N2O2S. The van der Waals surface area contributed by atoms with Crippen molar-refractivity contribution in [3.05, 3.63) is 17.0 Å². The third kappa shape index (κ3) is 2.40. The zero-order valence-electron chi connectivity index (χ0n) is 10.0. The molecule has 0 aromatic carbocycles. The number of hydrogen-bond acceptors (Lipinski definition) is 5. The molecule has 0 radical (unpaired) electrons. The summed E-state index contributed by atoms with van der Waals surface area (Å²) in [5.41, 5.74) is 1.97. The van der Waals surface area contributed by atoms with Crippen molar-refractivity contribution >= 4 is 16.8 Å². The summed E-state index contributed by atoms with van der Waals surface area (Å²) in [7, 11) is 0. The molecule has 2 heterocycles. The summed E-state index contributed by atoms with van der Waals surface area (Å²) in [6, 6.07) is 0. The molecule has 0 aliphatic carbocycles. The van der Waals surface area contributed by atoms with Gasteiger partial charge in [0.25, 0.3) is 0 Å². The molecule has 0 saturated carbocycles. The van der Waals surface area contributed by atoms with E-state index in [1.165, 1.54) is 0 Å². The fourth-order valence-electron chi connectivity index (χ4n) is 1.54. The Balaban J connectivity index is 1.94. The molecule has 1 aliphatic rings. The summed E-state index contributed by atoms with van der Waals surface area (Å²) < 4.78 is 5.12. The van der Waals surface area contributed by atoms with Crippen LogP contribution in [-0.4, -0.2) is 15.8 Å². The van der Waals surface area contributed by atoms with Gasteiger partial charge in [-0.1, -0.05) is 10.3 Å². The molecule has 1 aromatic rings. The first-order valence-electron chi connectivity index (χ1n) is 5.27. The molecule has 16 heavy (non-hydrogen) atoms. The lowest BCUT2D eigenvalue weighted by molar-refractivity contribution is 0.0123. The van der Waals surface area contributed by atoms with E-state index < -0.39 is 0 Å². The summed E-state index contributed by atoms with van der Waals surface area (Å²) in [6.07, 6.45) is 0.876. The van der Waals surface area contributed by atoms with E-state index in [1.807, 2.05) is 27.7 Å². The fourth-order valence-corrected chi connectivity index (χ4v) is 2.81. The SMILES string of the molecule is Cc1noc(C)c1CSC1=NOC(C)(C)C1. The molecule has 4 nitrogen and oxygen atoms in total. The van der Waals surface area contributed by atoms with E-state index in [0.717, 1.165) is 34.2 Å². The van der Waals surface area contributed by atoms with Crippen LogP contribution in [0.25, 0.3) is 0 Å². The Morgan fingerprint density at radius 3 is 2.62 bits per heavy atom. The second kappa shape index (κ2) is 4.13. The van der Waals surface area contributed by atoms with Gasteiger partial charge in [-0.3, -0.25) is 0 Å². The summed E-state index contributed by atoms with van der Waals surface area (Å²) in [6.45, 7) is 7.98. The van der Waals surface area contributed by atoms with Crippen molar-refractivity contribution in [2.45, 2.75) is 45.5 Å². The summed E-state index contributed by atoms with van der Waals surface area (Å²) >= 11 is 1.70. The third-order valence-corrected chi connectivity index (χ3v) is 3.52. The quantitative estimate of drug-likeness (QED) is 0.797. The van der Waals surface area contributed by atoms with Gasteiger partial charge in [0.2, 0.25) is 0 Å². The second-order valence-corrected chi connectivity index (χ2v) is 5.65. The van der Waals surface area contributed by atoms with E-state index in [4.69, 9.17) is 9.36 Å². The maximum atomic E-state index is 5.31.